The second-order valence-electron chi connectivity index (χ2n) is 5.10. The molecule has 98 valence electrons. The summed E-state index contributed by atoms with van der Waals surface area (Å²) < 4.78 is 0.921. The van der Waals surface area contributed by atoms with E-state index in [1.165, 1.54) is 19.4 Å². The standard InChI is InChI=1S/C12H16BrClN4/c1-8-6-17-4-2-3-9(17)7-18(8)11-10(13)5-15-12(14)16-11/h5,8-9H,2-4,6-7H2,1H3. The molecule has 2 aliphatic rings. The molecule has 2 saturated heterocycles. The molecule has 3 rings (SSSR count). The minimum absolute atomic E-state index is 0.314. The number of halogens is 2. The van der Waals surface area contributed by atoms with Gasteiger partial charge in [0.15, 0.2) is 0 Å². The average Bonchev–Trinajstić information content (AvgIpc) is 2.78. The van der Waals surface area contributed by atoms with Crippen LogP contribution < -0.4 is 4.90 Å². The van der Waals surface area contributed by atoms with E-state index >= 15 is 0 Å². The molecule has 0 aromatic carbocycles. The Hall–Kier alpha value is -0.390. The molecule has 3 heterocycles. The van der Waals surface area contributed by atoms with Gasteiger partial charge < -0.3 is 4.90 Å². The van der Waals surface area contributed by atoms with E-state index in [0.717, 1.165) is 23.4 Å². The maximum atomic E-state index is 5.91. The van der Waals surface area contributed by atoms with E-state index < -0.39 is 0 Å². The fourth-order valence-corrected chi connectivity index (χ4v) is 3.57. The highest BCUT2D eigenvalue weighted by Crippen LogP contribution is 2.31. The summed E-state index contributed by atoms with van der Waals surface area (Å²) in [5.74, 6) is 0.925. The third-order valence-electron chi connectivity index (χ3n) is 3.91. The lowest BCUT2D eigenvalue weighted by Crippen LogP contribution is -2.55. The van der Waals surface area contributed by atoms with Gasteiger partial charge in [-0.15, -0.1) is 0 Å². The number of hydrogen-bond acceptors (Lipinski definition) is 4. The van der Waals surface area contributed by atoms with Gasteiger partial charge >= 0.3 is 0 Å². The molecule has 2 atom stereocenters. The van der Waals surface area contributed by atoms with Gasteiger partial charge in [-0.3, -0.25) is 4.90 Å². The fourth-order valence-electron chi connectivity index (χ4n) is 3.02. The lowest BCUT2D eigenvalue weighted by Gasteiger charge is -2.43. The fraction of sp³-hybridized carbons (Fsp3) is 0.667. The molecule has 0 N–H and O–H groups in total. The van der Waals surface area contributed by atoms with Crippen molar-refractivity contribution >= 4 is 33.3 Å². The Labute approximate surface area is 120 Å². The number of rotatable bonds is 1. The van der Waals surface area contributed by atoms with Gasteiger partial charge in [0.1, 0.15) is 5.82 Å². The molecule has 1 aromatic heterocycles. The van der Waals surface area contributed by atoms with Crippen molar-refractivity contribution in [1.29, 1.82) is 0 Å². The van der Waals surface area contributed by atoms with Crippen LogP contribution in [0.2, 0.25) is 5.28 Å². The third kappa shape index (κ3) is 2.24. The molecule has 0 aliphatic carbocycles. The summed E-state index contributed by atoms with van der Waals surface area (Å²) in [6, 6.07) is 1.13. The first kappa shape index (κ1) is 12.6. The smallest absolute Gasteiger partial charge is 0.224 e. The zero-order chi connectivity index (χ0) is 12.7. The van der Waals surface area contributed by atoms with E-state index in [4.69, 9.17) is 11.6 Å². The number of hydrogen-bond donors (Lipinski definition) is 0. The number of anilines is 1. The Bertz CT molecular complexity index is 456. The van der Waals surface area contributed by atoms with Gasteiger partial charge in [-0.1, -0.05) is 0 Å². The van der Waals surface area contributed by atoms with Crippen molar-refractivity contribution in [3.63, 3.8) is 0 Å². The zero-order valence-electron chi connectivity index (χ0n) is 10.3. The van der Waals surface area contributed by atoms with E-state index in [2.05, 4.69) is 42.6 Å². The number of aromatic nitrogens is 2. The molecule has 0 spiro atoms. The van der Waals surface area contributed by atoms with Crippen LogP contribution in [0.5, 0.6) is 0 Å². The highest BCUT2D eigenvalue weighted by Gasteiger charge is 2.35. The van der Waals surface area contributed by atoms with E-state index in [1.54, 1.807) is 6.20 Å². The van der Waals surface area contributed by atoms with Crippen LogP contribution >= 0.6 is 27.5 Å². The molecule has 6 heteroatoms. The van der Waals surface area contributed by atoms with Crippen molar-refractivity contribution in [2.24, 2.45) is 0 Å². The summed E-state index contributed by atoms with van der Waals surface area (Å²) in [6.07, 6.45) is 4.34. The Balaban J connectivity index is 1.88. The van der Waals surface area contributed by atoms with Gasteiger partial charge in [-0.2, -0.15) is 4.98 Å². The quantitative estimate of drug-likeness (QED) is 0.740. The van der Waals surface area contributed by atoms with Gasteiger partial charge in [0.25, 0.3) is 0 Å². The molecule has 2 aliphatic heterocycles. The predicted molar refractivity (Wildman–Crippen MR) is 76.1 cm³/mol. The number of piperazine rings is 1. The van der Waals surface area contributed by atoms with Crippen LogP contribution in [0.3, 0.4) is 0 Å². The molecule has 18 heavy (non-hydrogen) atoms. The highest BCUT2D eigenvalue weighted by atomic mass is 79.9. The molecule has 0 saturated carbocycles. The average molecular weight is 332 g/mol. The van der Waals surface area contributed by atoms with Crippen LogP contribution in [0, 0.1) is 0 Å². The van der Waals surface area contributed by atoms with Crippen molar-refractivity contribution in [2.45, 2.75) is 31.8 Å². The number of nitrogens with zero attached hydrogens (tertiary/aromatic N) is 4. The summed E-state index contributed by atoms with van der Waals surface area (Å²) in [5, 5.41) is 0.314. The summed E-state index contributed by atoms with van der Waals surface area (Å²) in [7, 11) is 0. The molecule has 4 nitrogen and oxygen atoms in total. The van der Waals surface area contributed by atoms with Crippen molar-refractivity contribution in [1.82, 2.24) is 14.9 Å². The van der Waals surface area contributed by atoms with Gasteiger partial charge in [0.05, 0.1) is 4.47 Å². The lowest BCUT2D eigenvalue weighted by molar-refractivity contribution is 0.202. The maximum Gasteiger partial charge on any atom is 0.224 e. The van der Waals surface area contributed by atoms with Crippen molar-refractivity contribution < 1.29 is 0 Å². The first-order valence-corrected chi connectivity index (χ1v) is 7.51. The van der Waals surface area contributed by atoms with Crippen molar-refractivity contribution in [3.05, 3.63) is 16.0 Å². The van der Waals surface area contributed by atoms with Crippen molar-refractivity contribution in [3.8, 4) is 0 Å². The second kappa shape index (κ2) is 4.94. The third-order valence-corrected chi connectivity index (χ3v) is 4.65. The Morgan fingerprint density at radius 1 is 1.44 bits per heavy atom. The van der Waals surface area contributed by atoms with Crippen molar-refractivity contribution in [2.75, 3.05) is 24.5 Å². The largest absolute Gasteiger partial charge is 0.350 e. The molecular formula is C12H16BrClN4. The van der Waals surface area contributed by atoms with Gasteiger partial charge in [0.2, 0.25) is 5.28 Å². The van der Waals surface area contributed by atoms with E-state index in [0.29, 0.717) is 17.4 Å². The summed E-state index contributed by atoms with van der Waals surface area (Å²) in [4.78, 5) is 13.3. The molecule has 0 bridgehead atoms. The SMILES string of the molecule is CC1CN2CCCC2CN1c1nc(Cl)ncc1Br. The van der Waals surface area contributed by atoms with Crippen LogP contribution in [0.25, 0.3) is 0 Å². The maximum absolute atomic E-state index is 5.91. The van der Waals surface area contributed by atoms with Crippen LogP contribution in [0.1, 0.15) is 19.8 Å². The monoisotopic (exact) mass is 330 g/mol. The first-order valence-electron chi connectivity index (χ1n) is 6.34. The van der Waals surface area contributed by atoms with Crippen LogP contribution in [-0.4, -0.2) is 46.6 Å². The van der Waals surface area contributed by atoms with Crippen LogP contribution in [-0.2, 0) is 0 Å². The summed E-state index contributed by atoms with van der Waals surface area (Å²) >= 11 is 9.44. The van der Waals surface area contributed by atoms with Crippen LogP contribution in [0.4, 0.5) is 5.82 Å². The minimum Gasteiger partial charge on any atom is -0.350 e. The summed E-state index contributed by atoms with van der Waals surface area (Å²) in [6.45, 7) is 5.64. The van der Waals surface area contributed by atoms with Crippen LogP contribution in [0.15, 0.2) is 10.7 Å². The van der Waals surface area contributed by atoms with Gasteiger partial charge in [-0.25, -0.2) is 4.98 Å². The Kier molecular flexibility index (Phi) is 3.47. The van der Waals surface area contributed by atoms with Gasteiger partial charge in [-0.05, 0) is 53.8 Å². The highest BCUT2D eigenvalue weighted by molar-refractivity contribution is 9.10. The summed E-state index contributed by atoms with van der Waals surface area (Å²) in [5.41, 5.74) is 0. The minimum atomic E-state index is 0.314. The second-order valence-corrected chi connectivity index (χ2v) is 6.30. The molecular weight excluding hydrogens is 316 g/mol. The Morgan fingerprint density at radius 2 is 2.28 bits per heavy atom. The Morgan fingerprint density at radius 3 is 3.11 bits per heavy atom. The molecule has 0 amide bonds. The van der Waals surface area contributed by atoms with E-state index in [-0.39, 0.29) is 0 Å². The number of fused-ring (bicyclic) bond motifs is 1. The zero-order valence-corrected chi connectivity index (χ0v) is 12.7. The predicted octanol–water partition coefficient (Wildman–Crippen LogP) is 2.57. The molecule has 2 fully saturated rings. The van der Waals surface area contributed by atoms with E-state index in [9.17, 15) is 0 Å². The molecule has 2 unspecified atom stereocenters. The molecule has 1 aromatic rings. The van der Waals surface area contributed by atoms with E-state index in [1.807, 2.05) is 0 Å². The normalized spacial score (nSPS) is 28.5. The lowest BCUT2D eigenvalue weighted by atomic mass is 10.1. The van der Waals surface area contributed by atoms with Gasteiger partial charge in [0, 0.05) is 31.4 Å². The first-order chi connectivity index (χ1) is 8.65. The topological polar surface area (TPSA) is 32.3 Å². The molecule has 0 radical (unpaired) electrons.